The van der Waals surface area contributed by atoms with Crippen LogP contribution in [0.5, 0.6) is 0 Å². The normalized spacial score (nSPS) is 32.4. The van der Waals surface area contributed by atoms with Crippen molar-refractivity contribution in [3.8, 4) is 0 Å². The Bertz CT molecular complexity index is 202. The summed E-state index contributed by atoms with van der Waals surface area (Å²) in [7, 11) is 0. The Morgan fingerprint density at radius 2 is 2.31 bits per heavy atom. The van der Waals surface area contributed by atoms with Crippen LogP contribution in [0.3, 0.4) is 0 Å². The Morgan fingerprint density at radius 3 is 3.00 bits per heavy atom. The van der Waals surface area contributed by atoms with Crippen LogP contribution in [0.15, 0.2) is 0 Å². The van der Waals surface area contributed by atoms with Gasteiger partial charge >= 0.3 is 0 Å². The largest absolute Gasteiger partial charge is 0.378 e. The molecule has 0 aliphatic carbocycles. The second-order valence-electron chi connectivity index (χ2n) is 5.48. The molecule has 2 aliphatic rings. The molecule has 0 spiro atoms. The number of hydrogen-bond donors (Lipinski definition) is 1. The number of nitrogens with zero attached hydrogens (tertiary/aromatic N) is 1. The fourth-order valence-corrected chi connectivity index (χ4v) is 2.88. The third-order valence-corrected chi connectivity index (χ3v) is 3.93. The molecule has 0 aromatic carbocycles. The lowest BCUT2D eigenvalue weighted by Gasteiger charge is -2.39. The fourth-order valence-electron chi connectivity index (χ4n) is 2.88. The van der Waals surface area contributed by atoms with Crippen LogP contribution in [0.4, 0.5) is 0 Å². The molecule has 2 atom stereocenters. The Balaban J connectivity index is 1.76. The summed E-state index contributed by atoms with van der Waals surface area (Å²) in [6, 6.07) is 0.718. The Kier molecular flexibility index (Phi) is 4.62. The lowest BCUT2D eigenvalue weighted by Crippen LogP contribution is -2.54. The summed E-state index contributed by atoms with van der Waals surface area (Å²) < 4.78 is 5.70. The van der Waals surface area contributed by atoms with E-state index >= 15 is 0 Å². The van der Waals surface area contributed by atoms with Gasteiger partial charge in [0.15, 0.2) is 0 Å². The van der Waals surface area contributed by atoms with Crippen molar-refractivity contribution >= 4 is 0 Å². The summed E-state index contributed by atoms with van der Waals surface area (Å²) in [6.07, 6.45) is 4.31. The Morgan fingerprint density at radius 1 is 1.44 bits per heavy atom. The van der Waals surface area contributed by atoms with Gasteiger partial charge in [-0.1, -0.05) is 13.8 Å². The van der Waals surface area contributed by atoms with E-state index in [1.807, 2.05) is 0 Å². The second kappa shape index (κ2) is 5.99. The smallest absolute Gasteiger partial charge is 0.0588 e. The van der Waals surface area contributed by atoms with Crippen molar-refractivity contribution in [3.63, 3.8) is 0 Å². The number of nitrogens with one attached hydrogen (secondary N) is 1. The summed E-state index contributed by atoms with van der Waals surface area (Å²) in [6.45, 7) is 10.4. The maximum absolute atomic E-state index is 5.70. The highest BCUT2D eigenvalue weighted by molar-refractivity contribution is 4.82. The van der Waals surface area contributed by atoms with Crippen molar-refractivity contribution in [2.75, 3.05) is 32.8 Å². The van der Waals surface area contributed by atoms with Crippen LogP contribution in [0.1, 0.15) is 33.1 Å². The molecule has 16 heavy (non-hydrogen) atoms. The van der Waals surface area contributed by atoms with Gasteiger partial charge in [-0.15, -0.1) is 0 Å². The molecule has 2 unspecified atom stereocenters. The van der Waals surface area contributed by atoms with Gasteiger partial charge in [0.25, 0.3) is 0 Å². The molecule has 1 N–H and O–H groups in total. The van der Waals surface area contributed by atoms with Crippen LogP contribution >= 0.6 is 0 Å². The number of hydrogen-bond acceptors (Lipinski definition) is 3. The first-order chi connectivity index (χ1) is 7.77. The zero-order valence-electron chi connectivity index (χ0n) is 10.7. The highest BCUT2D eigenvalue weighted by Gasteiger charge is 2.25. The average molecular weight is 226 g/mol. The van der Waals surface area contributed by atoms with Crippen molar-refractivity contribution in [1.29, 1.82) is 0 Å². The van der Waals surface area contributed by atoms with Gasteiger partial charge < -0.3 is 10.1 Å². The van der Waals surface area contributed by atoms with E-state index in [-0.39, 0.29) is 0 Å². The standard InChI is InChI=1S/C13H26N2O/c1-11(2)13-10-14-6-8-15(13)7-5-12-4-3-9-16-12/h11-14H,3-10H2,1-2H3. The molecule has 2 saturated heterocycles. The molecule has 0 amide bonds. The predicted octanol–water partition coefficient (Wildman–Crippen LogP) is 1.49. The number of ether oxygens (including phenoxy) is 1. The zero-order valence-corrected chi connectivity index (χ0v) is 10.7. The lowest BCUT2D eigenvalue weighted by atomic mass is 10.00. The average Bonchev–Trinajstić information content (AvgIpc) is 2.79. The van der Waals surface area contributed by atoms with Gasteiger partial charge in [-0.2, -0.15) is 0 Å². The minimum atomic E-state index is 0.544. The summed E-state index contributed by atoms with van der Waals surface area (Å²) in [5.41, 5.74) is 0. The van der Waals surface area contributed by atoms with Gasteiger partial charge in [-0.3, -0.25) is 4.90 Å². The molecule has 0 aromatic heterocycles. The highest BCUT2D eigenvalue weighted by Crippen LogP contribution is 2.18. The van der Waals surface area contributed by atoms with E-state index in [2.05, 4.69) is 24.1 Å². The summed E-state index contributed by atoms with van der Waals surface area (Å²) in [5.74, 6) is 0.747. The first-order valence-electron chi connectivity index (χ1n) is 6.83. The minimum absolute atomic E-state index is 0.544. The van der Waals surface area contributed by atoms with Gasteiger partial charge in [0.1, 0.15) is 0 Å². The van der Waals surface area contributed by atoms with Crippen molar-refractivity contribution < 1.29 is 4.74 Å². The summed E-state index contributed by atoms with van der Waals surface area (Å²) in [4.78, 5) is 2.66. The Labute approximate surface area is 99.5 Å². The first-order valence-corrected chi connectivity index (χ1v) is 6.83. The van der Waals surface area contributed by atoms with Gasteiger partial charge in [0.05, 0.1) is 6.10 Å². The molecule has 2 aliphatic heterocycles. The van der Waals surface area contributed by atoms with Crippen molar-refractivity contribution in [3.05, 3.63) is 0 Å². The third-order valence-electron chi connectivity index (χ3n) is 3.93. The van der Waals surface area contributed by atoms with E-state index in [0.29, 0.717) is 6.10 Å². The molecule has 2 rings (SSSR count). The highest BCUT2D eigenvalue weighted by atomic mass is 16.5. The van der Waals surface area contributed by atoms with E-state index in [1.165, 1.54) is 32.4 Å². The van der Waals surface area contributed by atoms with Crippen molar-refractivity contribution in [2.24, 2.45) is 5.92 Å². The predicted molar refractivity (Wildman–Crippen MR) is 66.7 cm³/mol. The van der Waals surface area contributed by atoms with E-state index in [4.69, 9.17) is 4.74 Å². The molecule has 0 bridgehead atoms. The second-order valence-corrected chi connectivity index (χ2v) is 5.48. The van der Waals surface area contributed by atoms with E-state index < -0.39 is 0 Å². The van der Waals surface area contributed by atoms with E-state index in [1.54, 1.807) is 0 Å². The van der Waals surface area contributed by atoms with Crippen molar-refractivity contribution in [2.45, 2.75) is 45.3 Å². The third kappa shape index (κ3) is 3.19. The van der Waals surface area contributed by atoms with Crippen LogP contribution in [-0.4, -0.2) is 49.8 Å². The quantitative estimate of drug-likeness (QED) is 0.786. The van der Waals surface area contributed by atoms with Crippen LogP contribution in [0.2, 0.25) is 0 Å². The van der Waals surface area contributed by atoms with Gasteiger partial charge in [0.2, 0.25) is 0 Å². The van der Waals surface area contributed by atoms with Gasteiger partial charge in [-0.05, 0) is 25.2 Å². The monoisotopic (exact) mass is 226 g/mol. The van der Waals surface area contributed by atoms with E-state index in [0.717, 1.165) is 31.7 Å². The van der Waals surface area contributed by atoms with Crippen LogP contribution in [-0.2, 0) is 4.74 Å². The van der Waals surface area contributed by atoms with Gasteiger partial charge in [-0.25, -0.2) is 0 Å². The lowest BCUT2D eigenvalue weighted by molar-refractivity contribution is 0.0691. The molecule has 94 valence electrons. The molecule has 0 radical (unpaired) electrons. The van der Waals surface area contributed by atoms with Crippen LogP contribution in [0, 0.1) is 5.92 Å². The molecule has 2 heterocycles. The molecule has 0 saturated carbocycles. The van der Waals surface area contributed by atoms with Crippen LogP contribution in [0.25, 0.3) is 0 Å². The maximum Gasteiger partial charge on any atom is 0.0588 e. The Hall–Kier alpha value is -0.120. The minimum Gasteiger partial charge on any atom is -0.378 e. The fraction of sp³-hybridized carbons (Fsp3) is 1.00. The van der Waals surface area contributed by atoms with Crippen molar-refractivity contribution in [1.82, 2.24) is 10.2 Å². The zero-order chi connectivity index (χ0) is 11.4. The van der Waals surface area contributed by atoms with E-state index in [9.17, 15) is 0 Å². The molecule has 3 nitrogen and oxygen atoms in total. The summed E-state index contributed by atoms with van der Waals surface area (Å²) in [5, 5.41) is 3.50. The molecular formula is C13H26N2O. The summed E-state index contributed by atoms with van der Waals surface area (Å²) >= 11 is 0. The van der Waals surface area contributed by atoms with Crippen LogP contribution < -0.4 is 5.32 Å². The molecule has 2 fully saturated rings. The molecule has 3 heteroatoms. The van der Waals surface area contributed by atoms with Gasteiger partial charge in [0, 0.05) is 38.8 Å². The molecule has 0 aromatic rings. The topological polar surface area (TPSA) is 24.5 Å². The SMILES string of the molecule is CC(C)C1CNCCN1CCC1CCCO1. The number of rotatable bonds is 4. The maximum atomic E-state index is 5.70. The molecular weight excluding hydrogens is 200 g/mol. The number of piperazine rings is 1. The first kappa shape index (κ1) is 12.3.